The summed E-state index contributed by atoms with van der Waals surface area (Å²) in [5.41, 5.74) is 2.63. The Morgan fingerprint density at radius 2 is 1.87 bits per heavy atom. The van der Waals surface area contributed by atoms with E-state index in [4.69, 9.17) is 9.15 Å². The monoisotopic (exact) mass is 415 g/mol. The van der Waals surface area contributed by atoms with E-state index in [-0.39, 0.29) is 11.5 Å². The number of carboxylic acids is 1. The molecule has 0 bridgehead atoms. The molecule has 0 saturated carbocycles. The van der Waals surface area contributed by atoms with Crippen LogP contribution in [0.25, 0.3) is 11.0 Å². The molecule has 3 unspecified atom stereocenters. The Hall–Kier alpha value is -2.83. The Morgan fingerprint density at radius 1 is 1.20 bits per heavy atom. The van der Waals surface area contributed by atoms with Gasteiger partial charge in [0.2, 0.25) is 0 Å². The van der Waals surface area contributed by atoms with Gasteiger partial charge in [0.15, 0.2) is 6.10 Å². The number of carbonyl (C=O) groups is 2. The summed E-state index contributed by atoms with van der Waals surface area (Å²) in [5, 5.41) is 12.9. The molecule has 3 rings (SSSR count). The van der Waals surface area contributed by atoms with E-state index in [1.54, 1.807) is 26.8 Å². The summed E-state index contributed by atoms with van der Waals surface area (Å²) in [5.74, 6) is -1.35. The fourth-order valence-corrected chi connectivity index (χ4v) is 3.95. The molecule has 3 atom stereocenters. The van der Waals surface area contributed by atoms with Gasteiger partial charge in [-0.1, -0.05) is 20.3 Å². The number of aliphatic carboxylic acids is 1. The predicted molar refractivity (Wildman–Crippen MR) is 113 cm³/mol. The van der Waals surface area contributed by atoms with Crippen LogP contribution in [0.5, 0.6) is 5.75 Å². The van der Waals surface area contributed by atoms with Crippen LogP contribution in [0.1, 0.15) is 56.7 Å². The van der Waals surface area contributed by atoms with E-state index >= 15 is 0 Å². The molecule has 7 nitrogen and oxygen atoms in total. The number of hydrogen-bond donors (Lipinski definition) is 2. The van der Waals surface area contributed by atoms with E-state index in [1.807, 2.05) is 13.0 Å². The summed E-state index contributed by atoms with van der Waals surface area (Å²) < 4.78 is 11.4. The van der Waals surface area contributed by atoms with Gasteiger partial charge >= 0.3 is 11.6 Å². The second-order valence-corrected chi connectivity index (χ2v) is 8.09. The highest BCUT2D eigenvalue weighted by Gasteiger charge is 2.28. The lowest BCUT2D eigenvalue weighted by Crippen LogP contribution is -2.49. The third-order valence-electron chi connectivity index (χ3n) is 6.04. The SMILES string of the molecule is CCC(C)C(NC(=O)C(C)Oc1ccc2c3c(c(=O)oc2c1C)CCCC3)C(=O)O. The van der Waals surface area contributed by atoms with Crippen molar-refractivity contribution >= 4 is 22.8 Å². The fourth-order valence-electron chi connectivity index (χ4n) is 3.95. The molecule has 2 aromatic rings. The standard InChI is InChI=1S/C23H29NO6/c1-5-12(2)19(22(26)27)24-21(25)14(4)29-18-11-10-16-15-8-6-7-9-17(15)23(28)30-20(16)13(18)3/h10-12,14,19H,5-9H2,1-4H3,(H,24,25)(H,26,27). The number of nitrogens with one attached hydrogen (secondary N) is 1. The molecule has 1 heterocycles. The average molecular weight is 415 g/mol. The fraction of sp³-hybridized carbons (Fsp3) is 0.522. The third kappa shape index (κ3) is 4.20. The van der Waals surface area contributed by atoms with Crippen molar-refractivity contribution < 1.29 is 23.8 Å². The summed E-state index contributed by atoms with van der Waals surface area (Å²) in [6, 6.07) is 2.67. The van der Waals surface area contributed by atoms with Crippen LogP contribution >= 0.6 is 0 Å². The van der Waals surface area contributed by atoms with Crippen molar-refractivity contribution in [2.45, 2.75) is 71.9 Å². The molecule has 7 heteroatoms. The molecular weight excluding hydrogens is 386 g/mol. The molecule has 1 aliphatic carbocycles. The number of benzene rings is 1. The lowest BCUT2D eigenvalue weighted by molar-refractivity contribution is -0.144. The van der Waals surface area contributed by atoms with Crippen LogP contribution in [0.3, 0.4) is 0 Å². The first-order chi connectivity index (χ1) is 14.2. The number of rotatable bonds is 7. The van der Waals surface area contributed by atoms with E-state index in [0.717, 1.165) is 42.2 Å². The number of ether oxygens (including phenoxy) is 1. The molecule has 1 aromatic heterocycles. The quantitative estimate of drug-likeness (QED) is 0.672. The maximum Gasteiger partial charge on any atom is 0.339 e. The third-order valence-corrected chi connectivity index (χ3v) is 6.04. The minimum absolute atomic E-state index is 0.207. The number of carbonyl (C=O) groups excluding carboxylic acids is 1. The van der Waals surface area contributed by atoms with Gasteiger partial charge in [0.1, 0.15) is 17.4 Å². The van der Waals surface area contributed by atoms with Crippen molar-refractivity contribution in [2.24, 2.45) is 5.92 Å². The Morgan fingerprint density at radius 3 is 2.50 bits per heavy atom. The van der Waals surface area contributed by atoms with Gasteiger partial charge in [0.05, 0.1) is 0 Å². The summed E-state index contributed by atoms with van der Waals surface area (Å²) in [6.07, 6.45) is 3.34. The molecule has 0 saturated heterocycles. The van der Waals surface area contributed by atoms with Crippen LogP contribution < -0.4 is 15.7 Å². The van der Waals surface area contributed by atoms with Crippen molar-refractivity contribution in [1.29, 1.82) is 0 Å². The highest BCUT2D eigenvalue weighted by molar-refractivity contribution is 5.88. The minimum atomic E-state index is -1.07. The second-order valence-electron chi connectivity index (χ2n) is 8.09. The van der Waals surface area contributed by atoms with E-state index in [2.05, 4.69) is 5.32 Å². The molecular formula is C23H29NO6. The largest absolute Gasteiger partial charge is 0.480 e. The van der Waals surface area contributed by atoms with E-state index in [9.17, 15) is 19.5 Å². The summed E-state index contributed by atoms with van der Waals surface area (Å²) in [7, 11) is 0. The van der Waals surface area contributed by atoms with Gasteiger partial charge in [0.25, 0.3) is 5.91 Å². The first kappa shape index (κ1) is 21.9. The zero-order valence-electron chi connectivity index (χ0n) is 17.9. The molecule has 30 heavy (non-hydrogen) atoms. The summed E-state index contributed by atoms with van der Waals surface area (Å²) >= 11 is 0. The van der Waals surface area contributed by atoms with Crippen LogP contribution in [-0.2, 0) is 22.4 Å². The van der Waals surface area contributed by atoms with E-state index in [1.165, 1.54) is 0 Å². The summed E-state index contributed by atoms with van der Waals surface area (Å²) in [6.45, 7) is 7.01. The topological polar surface area (TPSA) is 106 Å². The Labute approximate surface area is 175 Å². The molecule has 1 aromatic carbocycles. The first-order valence-electron chi connectivity index (χ1n) is 10.5. The molecule has 1 amide bonds. The number of hydrogen-bond acceptors (Lipinski definition) is 5. The van der Waals surface area contributed by atoms with Gasteiger partial charge in [-0.15, -0.1) is 0 Å². The van der Waals surface area contributed by atoms with Gasteiger partial charge < -0.3 is 19.6 Å². The van der Waals surface area contributed by atoms with E-state index in [0.29, 0.717) is 23.3 Å². The van der Waals surface area contributed by atoms with Crippen LogP contribution in [-0.4, -0.2) is 29.1 Å². The minimum Gasteiger partial charge on any atom is -0.480 e. The molecule has 162 valence electrons. The smallest absolute Gasteiger partial charge is 0.339 e. The molecule has 2 N–H and O–H groups in total. The van der Waals surface area contributed by atoms with Crippen LogP contribution in [0.4, 0.5) is 0 Å². The molecule has 0 spiro atoms. The number of amides is 1. The molecule has 0 aliphatic heterocycles. The van der Waals surface area contributed by atoms with Crippen LogP contribution in [0.2, 0.25) is 0 Å². The van der Waals surface area contributed by atoms with Crippen molar-refractivity contribution in [1.82, 2.24) is 5.32 Å². The Balaban J connectivity index is 1.85. The molecule has 0 fully saturated rings. The molecule has 1 aliphatic rings. The highest BCUT2D eigenvalue weighted by atomic mass is 16.5. The number of carboxylic acid groups (broad SMARTS) is 1. The lowest BCUT2D eigenvalue weighted by atomic mass is 9.90. The molecule has 0 radical (unpaired) electrons. The van der Waals surface area contributed by atoms with Crippen molar-refractivity contribution in [2.75, 3.05) is 0 Å². The van der Waals surface area contributed by atoms with Gasteiger partial charge in [-0.2, -0.15) is 0 Å². The maximum atomic E-state index is 12.5. The van der Waals surface area contributed by atoms with Gasteiger partial charge in [-0.3, -0.25) is 4.79 Å². The zero-order chi connectivity index (χ0) is 22.0. The zero-order valence-corrected chi connectivity index (χ0v) is 17.9. The maximum absolute atomic E-state index is 12.5. The van der Waals surface area contributed by atoms with Crippen LogP contribution in [0, 0.1) is 12.8 Å². The normalized spacial score (nSPS) is 16.4. The van der Waals surface area contributed by atoms with Crippen molar-refractivity contribution in [3.05, 3.63) is 39.2 Å². The van der Waals surface area contributed by atoms with E-state index < -0.39 is 24.0 Å². The highest BCUT2D eigenvalue weighted by Crippen LogP contribution is 2.33. The number of aryl methyl sites for hydroxylation is 2. The second kappa shape index (κ2) is 8.90. The van der Waals surface area contributed by atoms with Gasteiger partial charge in [-0.25, -0.2) is 9.59 Å². The van der Waals surface area contributed by atoms with Crippen molar-refractivity contribution in [3.63, 3.8) is 0 Å². The summed E-state index contributed by atoms with van der Waals surface area (Å²) in [4.78, 5) is 36.4. The lowest BCUT2D eigenvalue weighted by Gasteiger charge is -2.23. The van der Waals surface area contributed by atoms with Gasteiger partial charge in [0, 0.05) is 16.5 Å². The number of fused-ring (bicyclic) bond motifs is 3. The predicted octanol–water partition coefficient (Wildman–Crippen LogP) is 3.36. The Bertz CT molecular complexity index is 1020. The first-order valence-corrected chi connectivity index (χ1v) is 10.5. The van der Waals surface area contributed by atoms with Gasteiger partial charge in [-0.05, 0) is 63.1 Å². The Kier molecular flexibility index (Phi) is 6.48. The average Bonchev–Trinajstić information content (AvgIpc) is 2.73. The van der Waals surface area contributed by atoms with Crippen molar-refractivity contribution in [3.8, 4) is 5.75 Å². The van der Waals surface area contributed by atoms with Crippen LogP contribution in [0.15, 0.2) is 21.3 Å².